The highest BCUT2D eigenvalue weighted by molar-refractivity contribution is 4.76. The van der Waals surface area contributed by atoms with Crippen molar-refractivity contribution in [3.05, 3.63) is 0 Å². The maximum Gasteiger partial charge on any atom is 0.0622 e. The van der Waals surface area contributed by atoms with Crippen LogP contribution < -0.4 is 10.6 Å². The second-order valence-electron chi connectivity index (χ2n) is 5.83. The molecule has 3 heteroatoms. The molecule has 0 amide bonds. The standard InChI is InChI=1S/C7H15NO.C7H15N/c1-6(2)7-5-9-4-3-8-7;1-6(2)7-4-3-5-8-7/h6-8H,3-5H2,1-2H3;6-8H,3-5H2,1-2H3. The first kappa shape index (κ1) is 14.9. The second-order valence-corrected chi connectivity index (χ2v) is 5.83. The molecule has 0 radical (unpaired) electrons. The topological polar surface area (TPSA) is 33.3 Å². The fourth-order valence-corrected chi connectivity index (χ4v) is 2.29. The minimum absolute atomic E-state index is 0.582. The molecule has 2 aliphatic rings. The van der Waals surface area contributed by atoms with E-state index in [1.165, 1.54) is 19.4 Å². The first-order valence-electron chi connectivity index (χ1n) is 7.15. The molecule has 17 heavy (non-hydrogen) atoms. The van der Waals surface area contributed by atoms with Crippen LogP contribution in [0.4, 0.5) is 0 Å². The van der Waals surface area contributed by atoms with E-state index in [2.05, 4.69) is 38.3 Å². The minimum Gasteiger partial charge on any atom is -0.379 e. The van der Waals surface area contributed by atoms with Gasteiger partial charge in [0, 0.05) is 18.6 Å². The zero-order valence-electron chi connectivity index (χ0n) is 12.0. The van der Waals surface area contributed by atoms with Crippen molar-refractivity contribution in [3.63, 3.8) is 0 Å². The van der Waals surface area contributed by atoms with Crippen molar-refractivity contribution in [2.45, 2.75) is 52.6 Å². The van der Waals surface area contributed by atoms with Crippen molar-refractivity contribution < 1.29 is 4.74 Å². The molecule has 2 N–H and O–H groups in total. The molecule has 0 spiro atoms. The summed E-state index contributed by atoms with van der Waals surface area (Å²) < 4.78 is 5.28. The summed E-state index contributed by atoms with van der Waals surface area (Å²) in [5.41, 5.74) is 0. The molecule has 0 aliphatic carbocycles. The van der Waals surface area contributed by atoms with Crippen LogP contribution in [0.15, 0.2) is 0 Å². The fourth-order valence-electron chi connectivity index (χ4n) is 2.29. The Kier molecular flexibility index (Phi) is 7.09. The predicted octanol–water partition coefficient (Wildman–Crippen LogP) is 2.03. The van der Waals surface area contributed by atoms with Crippen molar-refractivity contribution in [1.82, 2.24) is 10.6 Å². The van der Waals surface area contributed by atoms with Crippen molar-refractivity contribution in [3.8, 4) is 0 Å². The average molecular weight is 242 g/mol. The molecular weight excluding hydrogens is 212 g/mol. The Morgan fingerprint density at radius 1 is 0.941 bits per heavy atom. The molecule has 0 aromatic carbocycles. The van der Waals surface area contributed by atoms with Gasteiger partial charge in [0.05, 0.1) is 13.2 Å². The van der Waals surface area contributed by atoms with E-state index < -0.39 is 0 Å². The predicted molar refractivity (Wildman–Crippen MR) is 73.3 cm³/mol. The van der Waals surface area contributed by atoms with Crippen molar-refractivity contribution in [2.24, 2.45) is 11.8 Å². The molecule has 3 nitrogen and oxygen atoms in total. The third kappa shape index (κ3) is 5.84. The van der Waals surface area contributed by atoms with Gasteiger partial charge in [-0.2, -0.15) is 0 Å². The lowest BCUT2D eigenvalue weighted by Crippen LogP contribution is -2.44. The van der Waals surface area contributed by atoms with Gasteiger partial charge in [0.2, 0.25) is 0 Å². The molecular formula is C14H30N2O. The van der Waals surface area contributed by atoms with E-state index in [4.69, 9.17) is 4.74 Å². The van der Waals surface area contributed by atoms with Crippen LogP contribution in [0, 0.1) is 11.8 Å². The van der Waals surface area contributed by atoms with Crippen LogP contribution in [0.25, 0.3) is 0 Å². The van der Waals surface area contributed by atoms with Gasteiger partial charge in [-0.3, -0.25) is 0 Å². The molecule has 2 aliphatic heterocycles. The molecule has 2 unspecified atom stereocenters. The van der Waals surface area contributed by atoms with E-state index in [0.717, 1.165) is 31.7 Å². The highest BCUT2D eigenvalue weighted by Crippen LogP contribution is 2.12. The summed E-state index contributed by atoms with van der Waals surface area (Å²) in [5, 5.41) is 6.85. The molecule has 2 atom stereocenters. The highest BCUT2D eigenvalue weighted by Gasteiger charge is 2.16. The van der Waals surface area contributed by atoms with Gasteiger partial charge in [-0.05, 0) is 31.2 Å². The van der Waals surface area contributed by atoms with E-state index >= 15 is 0 Å². The first-order valence-corrected chi connectivity index (χ1v) is 7.15. The van der Waals surface area contributed by atoms with Crippen LogP contribution in [-0.4, -0.2) is 38.4 Å². The fraction of sp³-hybridized carbons (Fsp3) is 1.00. The molecule has 0 aromatic rings. The number of hydrogen-bond donors (Lipinski definition) is 2. The Labute approximate surface area is 107 Å². The number of ether oxygens (including phenoxy) is 1. The number of morpholine rings is 1. The van der Waals surface area contributed by atoms with Gasteiger partial charge in [0.25, 0.3) is 0 Å². The third-order valence-corrected chi connectivity index (χ3v) is 3.66. The largest absolute Gasteiger partial charge is 0.379 e. The van der Waals surface area contributed by atoms with E-state index in [1.807, 2.05) is 0 Å². The van der Waals surface area contributed by atoms with Crippen LogP contribution in [0.1, 0.15) is 40.5 Å². The van der Waals surface area contributed by atoms with Crippen LogP contribution in [0.2, 0.25) is 0 Å². The Hall–Kier alpha value is -0.120. The normalized spacial score (nSPS) is 29.3. The van der Waals surface area contributed by atoms with Gasteiger partial charge < -0.3 is 15.4 Å². The van der Waals surface area contributed by atoms with Crippen LogP contribution in [0.5, 0.6) is 0 Å². The zero-order valence-corrected chi connectivity index (χ0v) is 12.0. The average Bonchev–Trinajstić information content (AvgIpc) is 2.84. The van der Waals surface area contributed by atoms with Gasteiger partial charge in [-0.15, -0.1) is 0 Å². The highest BCUT2D eigenvalue weighted by atomic mass is 16.5. The first-order chi connectivity index (χ1) is 8.11. The van der Waals surface area contributed by atoms with E-state index in [0.29, 0.717) is 12.0 Å². The molecule has 0 bridgehead atoms. The maximum absolute atomic E-state index is 5.28. The quantitative estimate of drug-likeness (QED) is 0.777. The monoisotopic (exact) mass is 242 g/mol. The van der Waals surface area contributed by atoms with E-state index in [1.54, 1.807) is 0 Å². The SMILES string of the molecule is CC(C)C1CCCN1.CC(C)C1COCCN1. The Morgan fingerprint density at radius 2 is 1.59 bits per heavy atom. The van der Waals surface area contributed by atoms with E-state index in [-0.39, 0.29) is 0 Å². The van der Waals surface area contributed by atoms with Crippen molar-refractivity contribution in [1.29, 1.82) is 0 Å². The Bertz CT molecular complexity index is 183. The lowest BCUT2D eigenvalue weighted by atomic mass is 10.0. The summed E-state index contributed by atoms with van der Waals surface area (Å²) in [6, 6.07) is 1.40. The third-order valence-electron chi connectivity index (χ3n) is 3.66. The molecule has 0 saturated carbocycles. The summed E-state index contributed by atoms with van der Waals surface area (Å²) in [5.74, 6) is 1.53. The summed E-state index contributed by atoms with van der Waals surface area (Å²) in [6.45, 7) is 13.0. The van der Waals surface area contributed by atoms with Gasteiger partial charge in [0.1, 0.15) is 0 Å². The molecule has 2 fully saturated rings. The van der Waals surface area contributed by atoms with Gasteiger partial charge in [0.15, 0.2) is 0 Å². The van der Waals surface area contributed by atoms with Gasteiger partial charge >= 0.3 is 0 Å². The summed E-state index contributed by atoms with van der Waals surface area (Å²) in [7, 11) is 0. The van der Waals surface area contributed by atoms with Crippen LogP contribution in [0.3, 0.4) is 0 Å². The van der Waals surface area contributed by atoms with Crippen LogP contribution >= 0.6 is 0 Å². The van der Waals surface area contributed by atoms with Crippen LogP contribution in [-0.2, 0) is 4.74 Å². The Morgan fingerprint density at radius 3 is 1.88 bits per heavy atom. The lowest BCUT2D eigenvalue weighted by Gasteiger charge is -2.26. The zero-order chi connectivity index (χ0) is 12.7. The van der Waals surface area contributed by atoms with Crippen molar-refractivity contribution >= 4 is 0 Å². The Balaban J connectivity index is 0.000000171. The summed E-state index contributed by atoms with van der Waals surface area (Å²) in [4.78, 5) is 0. The summed E-state index contributed by atoms with van der Waals surface area (Å²) in [6.07, 6.45) is 2.76. The molecule has 2 heterocycles. The molecule has 2 rings (SSSR count). The number of rotatable bonds is 2. The molecule has 2 saturated heterocycles. The van der Waals surface area contributed by atoms with Crippen molar-refractivity contribution in [2.75, 3.05) is 26.3 Å². The molecule has 0 aromatic heterocycles. The van der Waals surface area contributed by atoms with Gasteiger partial charge in [-0.25, -0.2) is 0 Å². The summed E-state index contributed by atoms with van der Waals surface area (Å²) >= 11 is 0. The maximum atomic E-state index is 5.28. The lowest BCUT2D eigenvalue weighted by molar-refractivity contribution is 0.0623. The minimum atomic E-state index is 0.582. The van der Waals surface area contributed by atoms with Gasteiger partial charge in [-0.1, -0.05) is 27.7 Å². The molecule has 102 valence electrons. The van der Waals surface area contributed by atoms with E-state index in [9.17, 15) is 0 Å². The smallest absolute Gasteiger partial charge is 0.0622 e. The second kappa shape index (κ2) is 8.06. The number of nitrogens with one attached hydrogen (secondary N) is 2. The number of hydrogen-bond acceptors (Lipinski definition) is 3.